The summed E-state index contributed by atoms with van der Waals surface area (Å²) in [5.41, 5.74) is -0.132. The van der Waals surface area contributed by atoms with Crippen LogP contribution in [0.1, 0.15) is 6.92 Å². The fourth-order valence-electron chi connectivity index (χ4n) is 0.453. The first kappa shape index (κ1) is 7.24. The largest absolute Gasteiger partial charge is 0.348 e. The van der Waals surface area contributed by atoms with Gasteiger partial charge in [0.15, 0.2) is 5.56 Å². The lowest BCUT2D eigenvalue weighted by Crippen LogP contribution is -2.25. The van der Waals surface area contributed by atoms with Gasteiger partial charge in [0, 0.05) is 17.4 Å². The van der Waals surface area contributed by atoms with Crippen LogP contribution in [0.4, 0.5) is 4.79 Å². The summed E-state index contributed by atoms with van der Waals surface area (Å²) in [4.78, 5) is 10.5. The molecule has 1 fully saturated rings. The zero-order valence-electron chi connectivity index (χ0n) is 4.92. The number of nitrogens with one attached hydrogen (secondary N) is 1. The van der Waals surface area contributed by atoms with Crippen molar-refractivity contribution in [1.82, 2.24) is 5.32 Å². The van der Waals surface area contributed by atoms with Crippen molar-refractivity contribution < 1.29 is 9.53 Å². The fraction of sp³-hybridized carbons (Fsp3) is 0.750. The number of carbonyl (C=O) groups excluding carboxylic acids is 1. The third kappa shape index (κ3) is 2.08. The quantitative estimate of drug-likeness (QED) is 0.628. The molecule has 0 aliphatic carbocycles. The molecule has 1 aliphatic rings. The van der Waals surface area contributed by atoms with Crippen LogP contribution in [0.5, 0.6) is 0 Å². The average molecular weight is 165 g/mol. The van der Waals surface area contributed by atoms with E-state index < -0.39 is 0 Å². The third-order valence-electron chi connectivity index (χ3n) is 0.765. The lowest BCUT2D eigenvalue weighted by molar-refractivity contribution is 0.113. The number of carbonyl (C=O) groups is 1. The molecular formula is C4H7NO2S2. The van der Waals surface area contributed by atoms with Gasteiger partial charge in [0.05, 0.1) is 0 Å². The number of amides is 1. The van der Waals surface area contributed by atoms with Gasteiger partial charge in [-0.15, -0.1) is 0 Å². The van der Waals surface area contributed by atoms with Gasteiger partial charge in [-0.1, -0.05) is 0 Å². The van der Waals surface area contributed by atoms with Crippen molar-refractivity contribution in [3.63, 3.8) is 0 Å². The van der Waals surface area contributed by atoms with Gasteiger partial charge in [0.25, 0.3) is 5.24 Å². The predicted octanol–water partition coefficient (Wildman–Crippen LogP) is 1.41. The van der Waals surface area contributed by atoms with E-state index in [2.05, 4.69) is 5.32 Å². The van der Waals surface area contributed by atoms with E-state index in [0.717, 1.165) is 0 Å². The molecule has 1 aliphatic heterocycles. The van der Waals surface area contributed by atoms with Crippen molar-refractivity contribution in [2.45, 2.75) is 12.5 Å². The zero-order valence-corrected chi connectivity index (χ0v) is 6.55. The van der Waals surface area contributed by atoms with E-state index in [1.54, 1.807) is 0 Å². The molecule has 1 rings (SSSR count). The van der Waals surface area contributed by atoms with Gasteiger partial charge in [-0.25, -0.2) is 0 Å². The minimum Gasteiger partial charge on any atom is -0.348 e. The normalized spacial score (nSPS) is 26.3. The Bertz CT molecular complexity index is 119. The number of ether oxygens (including phenoxy) is 1. The Kier molecular flexibility index (Phi) is 2.68. The highest BCUT2D eigenvalue weighted by atomic mass is 33.1. The zero-order chi connectivity index (χ0) is 6.69. The molecule has 1 unspecified atom stereocenters. The molecule has 0 saturated carbocycles. The molecule has 0 aromatic heterocycles. The van der Waals surface area contributed by atoms with Crippen LogP contribution in [-0.2, 0) is 4.74 Å². The van der Waals surface area contributed by atoms with Crippen LogP contribution in [0.25, 0.3) is 0 Å². The van der Waals surface area contributed by atoms with E-state index in [9.17, 15) is 4.79 Å². The van der Waals surface area contributed by atoms with Crippen LogP contribution in [0.3, 0.4) is 0 Å². The van der Waals surface area contributed by atoms with Crippen LogP contribution < -0.4 is 5.32 Å². The van der Waals surface area contributed by atoms with E-state index in [4.69, 9.17) is 4.74 Å². The summed E-state index contributed by atoms with van der Waals surface area (Å²) in [6.45, 7) is 2.54. The molecule has 0 aromatic rings. The van der Waals surface area contributed by atoms with E-state index in [1.165, 1.54) is 21.6 Å². The maximum Gasteiger partial charge on any atom is 0.292 e. The highest BCUT2D eigenvalue weighted by Gasteiger charge is 2.22. The van der Waals surface area contributed by atoms with Gasteiger partial charge in [-0.3, -0.25) is 4.79 Å². The standard InChI is InChI=1S/C4H7NO2S2/c1-2-7-4-5-3(6)8-9-4/h4H,2H2,1H3,(H,5,6). The molecule has 1 heterocycles. The van der Waals surface area contributed by atoms with Crippen molar-refractivity contribution in [2.75, 3.05) is 6.61 Å². The van der Waals surface area contributed by atoms with Gasteiger partial charge >= 0.3 is 0 Å². The minimum absolute atomic E-state index is 0.0153. The van der Waals surface area contributed by atoms with E-state index >= 15 is 0 Å². The Hall–Kier alpha value is 0.130. The smallest absolute Gasteiger partial charge is 0.292 e. The third-order valence-corrected chi connectivity index (χ3v) is 2.83. The maximum atomic E-state index is 10.5. The van der Waals surface area contributed by atoms with Crippen LogP contribution in [0, 0.1) is 0 Å². The molecule has 1 atom stereocenters. The maximum absolute atomic E-state index is 10.5. The second-order valence-electron chi connectivity index (χ2n) is 1.40. The minimum atomic E-state index is -0.132. The molecule has 5 heteroatoms. The predicted molar refractivity (Wildman–Crippen MR) is 39.1 cm³/mol. The summed E-state index contributed by atoms with van der Waals surface area (Å²) < 4.78 is 5.08. The van der Waals surface area contributed by atoms with Crippen LogP contribution >= 0.6 is 21.6 Å². The fourth-order valence-corrected chi connectivity index (χ4v) is 2.18. The van der Waals surface area contributed by atoms with Crippen molar-refractivity contribution in [2.24, 2.45) is 0 Å². The van der Waals surface area contributed by atoms with Crippen LogP contribution in [0.15, 0.2) is 0 Å². The number of rotatable bonds is 2. The van der Waals surface area contributed by atoms with Crippen molar-refractivity contribution in [3.8, 4) is 0 Å². The highest BCUT2D eigenvalue weighted by Crippen LogP contribution is 2.32. The molecule has 1 amide bonds. The first-order valence-electron chi connectivity index (χ1n) is 2.58. The summed E-state index contributed by atoms with van der Waals surface area (Å²) in [7, 11) is 2.60. The second-order valence-corrected chi connectivity index (χ2v) is 3.63. The molecule has 0 spiro atoms. The van der Waals surface area contributed by atoms with Crippen LogP contribution in [-0.4, -0.2) is 17.4 Å². The van der Waals surface area contributed by atoms with E-state index in [0.29, 0.717) is 6.61 Å². The van der Waals surface area contributed by atoms with E-state index in [1.807, 2.05) is 6.92 Å². The van der Waals surface area contributed by atoms with Gasteiger partial charge in [-0.2, -0.15) is 0 Å². The van der Waals surface area contributed by atoms with Crippen molar-refractivity contribution in [1.29, 1.82) is 0 Å². The lowest BCUT2D eigenvalue weighted by Gasteiger charge is -2.05. The average Bonchev–Trinajstić information content (AvgIpc) is 2.17. The summed E-state index contributed by atoms with van der Waals surface area (Å²) in [5.74, 6) is 0. The summed E-state index contributed by atoms with van der Waals surface area (Å²) in [6.07, 6.45) is 0. The second kappa shape index (κ2) is 3.34. The molecule has 1 saturated heterocycles. The van der Waals surface area contributed by atoms with Crippen LogP contribution in [0.2, 0.25) is 0 Å². The van der Waals surface area contributed by atoms with Gasteiger partial charge in [0.2, 0.25) is 0 Å². The van der Waals surface area contributed by atoms with E-state index in [-0.39, 0.29) is 10.8 Å². The molecule has 3 nitrogen and oxygen atoms in total. The van der Waals surface area contributed by atoms with Crippen molar-refractivity contribution >= 4 is 26.8 Å². The SMILES string of the molecule is CCOC1NC(=O)SS1. The summed E-state index contributed by atoms with van der Waals surface area (Å²) >= 11 is 0. The Morgan fingerprint density at radius 2 is 2.67 bits per heavy atom. The topological polar surface area (TPSA) is 38.3 Å². The molecule has 0 bridgehead atoms. The molecule has 1 N–H and O–H groups in total. The first-order chi connectivity index (χ1) is 4.33. The molecular weight excluding hydrogens is 158 g/mol. The highest BCUT2D eigenvalue weighted by molar-refractivity contribution is 8.83. The first-order valence-corrected chi connectivity index (χ1v) is 4.79. The monoisotopic (exact) mass is 165 g/mol. The Balaban J connectivity index is 2.22. The number of hydrogen-bond acceptors (Lipinski definition) is 4. The Morgan fingerprint density at radius 3 is 3.11 bits per heavy atom. The summed E-state index contributed by atoms with van der Waals surface area (Å²) in [5, 5.41) is 2.60. The summed E-state index contributed by atoms with van der Waals surface area (Å²) in [6, 6.07) is 0. The Morgan fingerprint density at radius 1 is 1.89 bits per heavy atom. The number of hydrogen-bond donors (Lipinski definition) is 1. The molecule has 0 radical (unpaired) electrons. The molecule has 52 valence electrons. The molecule has 9 heavy (non-hydrogen) atoms. The Labute approximate surface area is 61.3 Å². The van der Waals surface area contributed by atoms with Crippen molar-refractivity contribution in [3.05, 3.63) is 0 Å². The van der Waals surface area contributed by atoms with Gasteiger partial charge in [0.1, 0.15) is 0 Å². The van der Waals surface area contributed by atoms with Gasteiger partial charge in [-0.05, 0) is 17.7 Å². The molecule has 0 aromatic carbocycles. The van der Waals surface area contributed by atoms with Gasteiger partial charge < -0.3 is 10.1 Å². The lowest BCUT2D eigenvalue weighted by atomic mass is 10.9.